The number of ether oxygens (including phenoxy) is 1. The molecule has 7 nitrogen and oxygen atoms in total. The highest BCUT2D eigenvalue weighted by atomic mass is 16.5. The molecule has 0 aliphatic heterocycles. The molecule has 1 heterocycles. The predicted octanol–water partition coefficient (Wildman–Crippen LogP) is 1.57. The van der Waals surface area contributed by atoms with Crippen LogP contribution in [0.4, 0.5) is 4.79 Å². The molecule has 1 atom stereocenters. The summed E-state index contributed by atoms with van der Waals surface area (Å²) >= 11 is 0. The normalized spacial score (nSPS) is 12.2. The summed E-state index contributed by atoms with van der Waals surface area (Å²) in [7, 11) is 0. The van der Waals surface area contributed by atoms with Crippen LogP contribution in [-0.2, 0) is 16.0 Å². The zero-order valence-corrected chi connectivity index (χ0v) is 14.5. The number of carbonyl (C=O) groups excluding carboxylic acids is 2. The van der Waals surface area contributed by atoms with Crippen LogP contribution in [0.1, 0.15) is 19.4 Å². The smallest absolute Gasteiger partial charge is 0.407 e. The zero-order chi connectivity index (χ0) is 18.2. The number of para-hydroxylation sites is 1. The number of aliphatic hydroxyl groups is 1. The van der Waals surface area contributed by atoms with Crippen LogP contribution in [0.3, 0.4) is 0 Å². The Morgan fingerprint density at radius 3 is 2.76 bits per heavy atom. The minimum atomic E-state index is -0.787. The van der Waals surface area contributed by atoms with Crippen LogP contribution < -0.4 is 10.6 Å². The number of hydrogen-bond acceptors (Lipinski definition) is 4. The van der Waals surface area contributed by atoms with Gasteiger partial charge in [-0.1, -0.05) is 32.0 Å². The zero-order valence-electron chi connectivity index (χ0n) is 14.5. The average molecular weight is 347 g/mol. The highest BCUT2D eigenvalue weighted by molar-refractivity contribution is 5.88. The van der Waals surface area contributed by atoms with Crippen LogP contribution in [0.2, 0.25) is 0 Å². The van der Waals surface area contributed by atoms with Crippen molar-refractivity contribution in [3.63, 3.8) is 0 Å². The number of rotatable bonds is 8. The molecule has 1 aromatic heterocycles. The summed E-state index contributed by atoms with van der Waals surface area (Å²) in [6.07, 6.45) is 1.52. The van der Waals surface area contributed by atoms with Crippen molar-refractivity contribution < 1.29 is 19.4 Å². The van der Waals surface area contributed by atoms with Gasteiger partial charge >= 0.3 is 6.09 Å². The number of hydrogen-bond donors (Lipinski definition) is 4. The van der Waals surface area contributed by atoms with Gasteiger partial charge in [0.25, 0.3) is 0 Å². The van der Waals surface area contributed by atoms with Crippen LogP contribution in [0, 0.1) is 5.92 Å². The maximum Gasteiger partial charge on any atom is 0.407 e. The molecule has 0 aliphatic rings. The lowest BCUT2D eigenvalue weighted by molar-refractivity contribution is -0.123. The van der Waals surface area contributed by atoms with E-state index < -0.39 is 12.1 Å². The third-order valence-corrected chi connectivity index (χ3v) is 3.67. The van der Waals surface area contributed by atoms with Crippen molar-refractivity contribution in [2.75, 3.05) is 19.8 Å². The fourth-order valence-electron chi connectivity index (χ4n) is 2.46. The van der Waals surface area contributed by atoms with Gasteiger partial charge in [-0.15, -0.1) is 0 Å². The van der Waals surface area contributed by atoms with Crippen LogP contribution >= 0.6 is 0 Å². The topological polar surface area (TPSA) is 103 Å². The maximum absolute atomic E-state index is 12.3. The molecule has 136 valence electrons. The van der Waals surface area contributed by atoms with Crippen LogP contribution in [0.25, 0.3) is 10.9 Å². The van der Waals surface area contributed by atoms with E-state index in [1.165, 1.54) is 0 Å². The molecule has 0 aliphatic carbocycles. The van der Waals surface area contributed by atoms with Gasteiger partial charge in [-0.3, -0.25) is 4.79 Å². The van der Waals surface area contributed by atoms with E-state index in [1.54, 1.807) is 0 Å². The maximum atomic E-state index is 12.3. The number of carbonyl (C=O) groups is 2. The summed E-state index contributed by atoms with van der Waals surface area (Å²) < 4.78 is 5.11. The lowest BCUT2D eigenvalue weighted by Gasteiger charge is -2.18. The van der Waals surface area contributed by atoms with E-state index in [-0.39, 0.29) is 31.6 Å². The molecule has 25 heavy (non-hydrogen) atoms. The van der Waals surface area contributed by atoms with E-state index in [0.29, 0.717) is 6.42 Å². The molecule has 2 amide bonds. The van der Waals surface area contributed by atoms with E-state index in [9.17, 15) is 9.59 Å². The van der Waals surface area contributed by atoms with Gasteiger partial charge in [-0.05, 0) is 17.5 Å². The van der Waals surface area contributed by atoms with E-state index in [2.05, 4.69) is 15.6 Å². The van der Waals surface area contributed by atoms with Gasteiger partial charge in [0.15, 0.2) is 0 Å². The minimum absolute atomic E-state index is 0.131. The Morgan fingerprint density at radius 1 is 1.28 bits per heavy atom. The van der Waals surface area contributed by atoms with Crippen molar-refractivity contribution >= 4 is 22.9 Å². The molecule has 4 N–H and O–H groups in total. The Hall–Kier alpha value is -2.54. The third kappa shape index (κ3) is 5.49. The number of aromatic nitrogens is 1. The standard InChI is InChI=1S/C18H25N3O4/c1-12(2)11-25-18(24)21-16(17(23)19-7-8-22)9-13-10-20-15-6-4-3-5-14(13)15/h3-6,10,12,16,20,22H,7-9,11H2,1-2H3,(H,19,23)(H,21,24)/t16-/m0/s1. The van der Waals surface area contributed by atoms with Gasteiger partial charge in [-0.2, -0.15) is 0 Å². The molecule has 2 aromatic rings. The second-order valence-corrected chi connectivity index (χ2v) is 6.27. The first kappa shape index (κ1) is 18.8. The molecule has 0 saturated carbocycles. The molecule has 0 radical (unpaired) electrons. The van der Waals surface area contributed by atoms with E-state index in [1.807, 2.05) is 44.3 Å². The Balaban J connectivity index is 2.10. The second kappa shape index (κ2) is 9.08. The molecule has 0 unspecified atom stereocenters. The number of alkyl carbamates (subject to hydrolysis) is 1. The van der Waals surface area contributed by atoms with Crippen molar-refractivity contribution in [1.29, 1.82) is 0 Å². The molecular formula is C18H25N3O4. The Kier molecular flexibility index (Phi) is 6.82. The van der Waals surface area contributed by atoms with Crippen LogP contribution in [-0.4, -0.2) is 47.9 Å². The molecule has 0 fully saturated rings. The summed E-state index contributed by atoms with van der Waals surface area (Å²) in [5.41, 5.74) is 1.89. The first-order valence-corrected chi connectivity index (χ1v) is 8.38. The first-order valence-electron chi connectivity index (χ1n) is 8.38. The number of aromatic amines is 1. The number of H-pyrrole nitrogens is 1. The first-order chi connectivity index (χ1) is 12.0. The molecule has 2 rings (SSSR count). The van der Waals surface area contributed by atoms with Crippen molar-refractivity contribution in [2.45, 2.75) is 26.3 Å². The van der Waals surface area contributed by atoms with Gasteiger partial charge in [0.05, 0.1) is 13.2 Å². The number of benzene rings is 1. The number of amides is 2. The van der Waals surface area contributed by atoms with Crippen molar-refractivity contribution in [3.05, 3.63) is 36.0 Å². The van der Waals surface area contributed by atoms with E-state index in [0.717, 1.165) is 16.5 Å². The number of aliphatic hydroxyl groups excluding tert-OH is 1. The average Bonchev–Trinajstić information content (AvgIpc) is 3.00. The second-order valence-electron chi connectivity index (χ2n) is 6.27. The Morgan fingerprint density at radius 2 is 2.04 bits per heavy atom. The lowest BCUT2D eigenvalue weighted by Crippen LogP contribution is -2.48. The third-order valence-electron chi connectivity index (χ3n) is 3.67. The molecule has 0 saturated heterocycles. The van der Waals surface area contributed by atoms with Crippen molar-refractivity contribution in [3.8, 4) is 0 Å². The molecule has 1 aromatic carbocycles. The monoisotopic (exact) mass is 347 g/mol. The SMILES string of the molecule is CC(C)COC(=O)N[C@@H](Cc1c[nH]c2ccccc12)C(=O)NCCO. The number of fused-ring (bicyclic) bond motifs is 1. The summed E-state index contributed by atoms with van der Waals surface area (Å²) in [5.74, 6) is -0.151. The molecular weight excluding hydrogens is 322 g/mol. The van der Waals surface area contributed by atoms with Gasteiger partial charge in [-0.25, -0.2) is 4.79 Å². The van der Waals surface area contributed by atoms with Gasteiger partial charge in [0.2, 0.25) is 5.91 Å². The van der Waals surface area contributed by atoms with E-state index >= 15 is 0 Å². The minimum Gasteiger partial charge on any atom is -0.449 e. The largest absolute Gasteiger partial charge is 0.449 e. The highest BCUT2D eigenvalue weighted by Gasteiger charge is 2.23. The predicted molar refractivity (Wildman–Crippen MR) is 95.2 cm³/mol. The quantitative estimate of drug-likeness (QED) is 0.582. The van der Waals surface area contributed by atoms with Crippen molar-refractivity contribution in [1.82, 2.24) is 15.6 Å². The highest BCUT2D eigenvalue weighted by Crippen LogP contribution is 2.19. The van der Waals surface area contributed by atoms with Crippen LogP contribution in [0.15, 0.2) is 30.5 Å². The lowest BCUT2D eigenvalue weighted by atomic mass is 10.0. The van der Waals surface area contributed by atoms with Gasteiger partial charge in [0.1, 0.15) is 6.04 Å². The van der Waals surface area contributed by atoms with Gasteiger partial charge in [0, 0.05) is 30.1 Å². The number of nitrogens with one attached hydrogen (secondary N) is 3. The molecule has 0 bridgehead atoms. The Labute approximate surface area is 146 Å². The molecule has 0 spiro atoms. The fraction of sp³-hybridized carbons (Fsp3) is 0.444. The summed E-state index contributed by atoms with van der Waals surface area (Å²) in [6, 6.07) is 6.97. The molecule has 7 heteroatoms. The summed E-state index contributed by atoms with van der Waals surface area (Å²) in [4.78, 5) is 27.4. The summed E-state index contributed by atoms with van der Waals surface area (Å²) in [6.45, 7) is 4.12. The van der Waals surface area contributed by atoms with E-state index in [4.69, 9.17) is 9.84 Å². The Bertz CT molecular complexity index is 711. The van der Waals surface area contributed by atoms with Gasteiger partial charge < -0.3 is 25.5 Å². The summed E-state index contributed by atoms with van der Waals surface area (Å²) in [5, 5.41) is 15.1. The fourth-order valence-corrected chi connectivity index (χ4v) is 2.46. The van der Waals surface area contributed by atoms with Crippen LogP contribution in [0.5, 0.6) is 0 Å². The van der Waals surface area contributed by atoms with Crippen molar-refractivity contribution in [2.24, 2.45) is 5.92 Å².